The summed E-state index contributed by atoms with van der Waals surface area (Å²) in [6.45, 7) is 4.58. The van der Waals surface area contributed by atoms with Gasteiger partial charge in [-0.2, -0.15) is 0 Å². The lowest BCUT2D eigenvalue weighted by Gasteiger charge is -2.34. The normalized spacial score (nSPS) is 14.2. The number of hydrogen-bond donors (Lipinski definition) is 1. The molecule has 4 aromatic rings. The van der Waals surface area contributed by atoms with Gasteiger partial charge in [-0.15, -0.1) is 11.3 Å². The topological polar surface area (TPSA) is 62.6 Å². The lowest BCUT2D eigenvalue weighted by Crippen LogP contribution is -2.46. The highest BCUT2D eigenvalue weighted by Gasteiger charge is 2.21. The number of ether oxygens (including phenoxy) is 1. The van der Waals surface area contributed by atoms with Crippen molar-refractivity contribution in [3.8, 4) is 11.4 Å². The van der Waals surface area contributed by atoms with E-state index in [-0.39, 0.29) is 5.91 Å². The summed E-state index contributed by atoms with van der Waals surface area (Å²) in [4.78, 5) is 22.0. The second-order valence-electron chi connectivity index (χ2n) is 8.22. The van der Waals surface area contributed by atoms with Crippen LogP contribution in [-0.2, 0) is 6.54 Å². The van der Waals surface area contributed by atoms with Crippen molar-refractivity contribution in [3.05, 3.63) is 89.7 Å². The van der Waals surface area contributed by atoms with E-state index in [4.69, 9.17) is 4.74 Å². The van der Waals surface area contributed by atoms with Crippen molar-refractivity contribution in [3.63, 3.8) is 0 Å². The molecule has 1 saturated heterocycles. The molecule has 0 spiro atoms. The van der Waals surface area contributed by atoms with Crippen LogP contribution in [0.1, 0.15) is 16.1 Å². The number of carbonyl (C=O) groups excluding carboxylic acids is 1. The molecule has 1 fully saturated rings. The number of anilines is 2. The predicted molar refractivity (Wildman–Crippen MR) is 136 cm³/mol. The van der Waals surface area contributed by atoms with Crippen LogP contribution in [0.15, 0.2) is 78.4 Å². The standard InChI is InChI=1S/C26H27N5O2S/c1-33-23-6-4-5-20(17-23)18-29-13-15-31(16-14-29)26-28-24(19-34-26)25(32)27-21-7-9-22(10-8-21)30-11-2-3-12-30/h2-12,17,19H,13-16,18H2,1H3,(H,27,32). The van der Waals surface area contributed by atoms with Crippen LogP contribution in [0.3, 0.4) is 0 Å². The molecule has 0 unspecified atom stereocenters. The van der Waals surface area contributed by atoms with Crippen LogP contribution in [0.2, 0.25) is 0 Å². The smallest absolute Gasteiger partial charge is 0.275 e. The van der Waals surface area contributed by atoms with Crippen molar-refractivity contribution in [2.45, 2.75) is 6.54 Å². The first-order chi connectivity index (χ1) is 16.7. The molecule has 0 saturated carbocycles. The van der Waals surface area contributed by atoms with E-state index in [1.807, 2.05) is 70.9 Å². The molecular weight excluding hydrogens is 446 g/mol. The first-order valence-electron chi connectivity index (χ1n) is 11.3. The summed E-state index contributed by atoms with van der Waals surface area (Å²) in [5.41, 5.74) is 3.50. The number of hydrogen-bond acceptors (Lipinski definition) is 6. The zero-order valence-electron chi connectivity index (χ0n) is 19.1. The second-order valence-corrected chi connectivity index (χ2v) is 9.06. The van der Waals surface area contributed by atoms with Gasteiger partial charge >= 0.3 is 0 Å². The highest BCUT2D eigenvalue weighted by atomic mass is 32.1. The van der Waals surface area contributed by atoms with Crippen molar-refractivity contribution in [1.82, 2.24) is 14.5 Å². The van der Waals surface area contributed by atoms with E-state index in [2.05, 4.69) is 32.2 Å². The van der Waals surface area contributed by atoms with E-state index in [0.29, 0.717) is 5.69 Å². The SMILES string of the molecule is COc1cccc(CN2CCN(c3nc(C(=O)Nc4ccc(-n5cccc5)cc4)cs3)CC2)c1. The van der Waals surface area contributed by atoms with E-state index in [1.165, 1.54) is 16.9 Å². The Labute approximate surface area is 203 Å². The van der Waals surface area contributed by atoms with Gasteiger partial charge in [-0.25, -0.2) is 4.98 Å². The zero-order chi connectivity index (χ0) is 23.3. The summed E-state index contributed by atoms with van der Waals surface area (Å²) in [6, 6.07) is 20.0. The Balaban J connectivity index is 1.14. The van der Waals surface area contributed by atoms with Gasteiger partial charge in [0, 0.05) is 61.9 Å². The average Bonchev–Trinajstić information content (AvgIpc) is 3.58. The molecule has 0 radical (unpaired) electrons. The molecule has 0 aliphatic carbocycles. The Kier molecular flexibility index (Phi) is 6.60. The summed E-state index contributed by atoms with van der Waals surface area (Å²) in [5.74, 6) is 0.703. The fraction of sp³-hybridized carbons (Fsp3) is 0.231. The van der Waals surface area contributed by atoms with Crippen LogP contribution in [0.25, 0.3) is 5.69 Å². The summed E-state index contributed by atoms with van der Waals surface area (Å²) >= 11 is 1.52. The molecule has 34 heavy (non-hydrogen) atoms. The van der Waals surface area contributed by atoms with Crippen LogP contribution in [0, 0.1) is 0 Å². The number of nitrogens with one attached hydrogen (secondary N) is 1. The van der Waals surface area contributed by atoms with Gasteiger partial charge < -0.3 is 19.5 Å². The summed E-state index contributed by atoms with van der Waals surface area (Å²) in [5, 5.41) is 5.68. The maximum Gasteiger partial charge on any atom is 0.275 e. The van der Waals surface area contributed by atoms with E-state index in [9.17, 15) is 4.79 Å². The minimum Gasteiger partial charge on any atom is -0.497 e. The third kappa shape index (κ3) is 5.13. The lowest BCUT2D eigenvalue weighted by molar-refractivity contribution is 0.102. The first kappa shape index (κ1) is 22.2. The predicted octanol–water partition coefficient (Wildman–Crippen LogP) is 4.52. The lowest BCUT2D eigenvalue weighted by atomic mass is 10.2. The number of methoxy groups -OCH3 is 1. The minimum atomic E-state index is -0.187. The molecule has 3 heterocycles. The Morgan fingerprint density at radius 3 is 2.53 bits per heavy atom. The molecule has 2 aromatic carbocycles. The molecule has 0 bridgehead atoms. The molecule has 1 N–H and O–H groups in total. The average molecular weight is 474 g/mol. The van der Waals surface area contributed by atoms with Gasteiger partial charge in [0.2, 0.25) is 0 Å². The highest BCUT2D eigenvalue weighted by molar-refractivity contribution is 7.14. The van der Waals surface area contributed by atoms with Gasteiger partial charge in [0.1, 0.15) is 11.4 Å². The Hall–Kier alpha value is -3.62. The monoisotopic (exact) mass is 473 g/mol. The van der Waals surface area contributed by atoms with Crippen molar-refractivity contribution in [1.29, 1.82) is 0 Å². The maximum absolute atomic E-state index is 12.7. The third-order valence-electron chi connectivity index (χ3n) is 5.94. The molecule has 1 aliphatic heterocycles. The van der Waals surface area contributed by atoms with Crippen molar-refractivity contribution >= 4 is 28.1 Å². The van der Waals surface area contributed by atoms with Crippen LogP contribution >= 0.6 is 11.3 Å². The molecule has 0 atom stereocenters. The van der Waals surface area contributed by atoms with E-state index in [0.717, 1.165) is 55.0 Å². The van der Waals surface area contributed by atoms with E-state index < -0.39 is 0 Å². The number of carbonyl (C=O) groups is 1. The zero-order valence-corrected chi connectivity index (χ0v) is 19.9. The third-order valence-corrected chi connectivity index (χ3v) is 6.84. The van der Waals surface area contributed by atoms with Gasteiger partial charge in [0.05, 0.1) is 7.11 Å². The fourth-order valence-corrected chi connectivity index (χ4v) is 4.92. The molecule has 8 heteroatoms. The van der Waals surface area contributed by atoms with Gasteiger partial charge in [0.15, 0.2) is 5.13 Å². The number of aromatic nitrogens is 2. The van der Waals surface area contributed by atoms with Gasteiger partial charge in [0.25, 0.3) is 5.91 Å². The largest absolute Gasteiger partial charge is 0.497 e. The Morgan fingerprint density at radius 1 is 1.03 bits per heavy atom. The molecule has 7 nitrogen and oxygen atoms in total. The quantitative estimate of drug-likeness (QED) is 0.428. The molecular formula is C26H27N5O2S. The number of piperazine rings is 1. The number of amides is 1. The van der Waals surface area contributed by atoms with Gasteiger partial charge in [-0.1, -0.05) is 12.1 Å². The Morgan fingerprint density at radius 2 is 1.79 bits per heavy atom. The van der Waals surface area contributed by atoms with Crippen LogP contribution in [-0.4, -0.2) is 53.6 Å². The van der Waals surface area contributed by atoms with Crippen LogP contribution < -0.4 is 15.0 Å². The maximum atomic E-state index is 12.7. The molecule has 2 aromatic heterocycles. The number of thiazole rings is 1. The number of rotatable bonds is 7. The molecule has 174 valence electrons. The molecule has 1 amide bonds. The molecule has 5 rings (SSSR count). The number of benzene rings is 2. The first-order valence-corrected chi connectivity index (χ1v) is 12.2. The molecule has 1 aliphatic rings. The van der Waals surface area contributed by atoms with Crippen LogP contribution in [0.4, 0.5) is 10.8 Å². The fourth-order valence-electron chi connectivity index (χ4n) is 4.06. The summed E-state index contributed by atoms with van der Waals surface area (Å²) in [7, 11) is 1.70. The Bertz CT molecular complexity index is 1230. The second kappa shape index (κ2) is 10.1. The van der Waals surface area contributed by atoms with Gasteiger partial charge in [-0.05, 0) is 54.1 Å². The van der Waals surface area contributed by atoms with Crippen molar-refractivity contribution < 1.29 is 9.53 Å². The minimum absolute atomic E-state index is 0.187. The van der Waals surface area contributed by atoms with E-state index >= 15 is 0 Å². The summed E-state index contributed by atoms with van der Waals surface area (Å²) < 4.78 is 7.35. The number of nitrogens with zero attached hydrogens (tertiary/aromatic N) is 4. The van der Waals surface area contributed by atoms with Gasteiger partial charge in [-0.3, -0.25) is 9.69 Å². The van der Waals surface area contributed by atoms with Crippen molar-refractivity contribution in [2.75, 3.05) is 43.5 Å². The summed E-state index contributed by atoms with van der Waals surface area (Å²) in [6.07, 6.45) is 3.98. The van der Waals surface area contributed by atoms with Crippen molar-refractivity contribution in [2.24, 2.45) is 0 Å². The highest BCUT2D eigenvalue weighted by Crippen LogP contribution is 2.24. The van der Waals surface area contributed by atoms with E-state index in [1.54, 1.807) is 7.11 Å². The van der Waals surface area contributed by atoms with Crippen LogP contribution in [0.5, 0.6) is 5.75 Å².